The van der Waals surface area contributed by atoms with Gasteiger partial charge in [-0.3, -0.25) is 4.79 Å². The zero-order valence-corrected chi connectivity index (χ0v) is 10.2. The summed E-state index contributed by atoms with van der Waals surface area (Å²) < 4.78 is 5.09. The van der Waals surface area contributed by atoms with Gasteiger partial charge in [0.2, 0.25) is 5.91 Å². The second kappa shape index (κ2) is 6.77. The Bertz CT molecular complexity index is 412. The predicted molar refractivity (Wildman–Crippen MR) is 66.1 cm³/mol. The quantitative estimate of drug-likeness (QED) is 0.819. The molecule has 0 spiro atoms. The molecule has 0 aromatic heterocycles. The number of nitriles is 1. The van der Waals surface area contributed by atoms with Crippen molar-refractivity contribution in [3.8, 4) is 11.8 Å². The minimum Gasteiger partial charge on any atom is -0.479 e. The van der Waals surface area contributed by atoms with Gasteiger partial charge in [-0.1, -0.05) is 6.92 Å². The van der Waals surface area contributed by atoms with E-state index < -0.39 is 0 Å². The zero-order valence-electron chi connectivity index (χ0n) is 9.44. The maximum Gasteiger partial charge on any atom is 0.228 e. The number of hydrogen-bond donors (Lipinski definition) is 1. The van der Waals surface area contributed by atoms with Crippen molar-refractivity contribution in [2.75, 3.05) is 17.8 Å². The third-order valence-corrected chi connectivity index (χ3v) is 2.57. The van der Waals surface area contributed by atoms with Crippen LogP contribution < -0.4 is 10.1 Å². The second-order valence-electron chi connectivity index (χ2n) is 3.52. The number of amides is 1. The van der Waals surface area contributed by atoms with Crippen LogP contribution in [0.2, 0.25) is 0 Å². The summed E-state index contributed by atoms with van der Waals surface area (Å²) in [7, 11) is 0. The van der Waals surface area contributed by atoms with Crippen molar-refractivity contribution in [3.05, 3.63) is 24.3 Å². The van der Waals surface area contributed by atoms with Crippen LogP contribution in [-0.2, 0) is 4.79 Å². The number of alkyl halides is 1. The van der Waals surface area contributed by atoms with Crippen LogP contribution in [0.1, 0.15) is 6.92 Å². The molecule has 1 N–H and O–H groups in total. The molecule has 0 bridgehead atoms. The van der Waals surface area contributed by atoms with Gasteiger partial charge < -0.3 is 10.1 Å². The first kappa shape index (κ1) is 13.3. The third kappa shape index (κ3) is 4.33. The number of rotatable bonds is 5. The van der Waals surface area contributed by atoms with E-state index in [2.05, 4.69) is 5.32 Å². The summed E-state index contributed by atoms with van der Waals surface area (Å²) in [5.41, 5.74) is 0.677. The standard InChI is InChI=1S/C12H13ClN2O2/c1-9(8-13)12(16)15-10-2-4-11(5-3-10)17-7-6-14/h2-5,9H,7-8H2,1H3,(H,15,16). The number of hydrogen-bond acceptors (Lipinski definition) is 3. The van der Waals surface area contributed by atoms with E-state index in [9.17, 15) is 4.79 Å². The van der Waals surface area contributed by atoms with Crippen molar-refractivity contribution in [2.24, 2.45) is 5.92 Å². The number of nitrogens with zero attached hydrogens (tertiary/aromatic N) is 1. The first-order valence-electron chi connectivity index (χ1n) is 5.14. The maximum atomic E-state index is 11.5. The van der Waals surface area contributed by atoms with E-state index >= 15 is 0 Å². The lowest BCUT2D eigenvalue weighted by atomic mass is 10.2. The van der Waals surface area contributed by atoms with Gasteiger partial charge >= 0.3 is 0 Å². The van der Waals surface area contributed by atoms with Crippen LogP contribution in [0.25, 0.3) is 0 Å². The molecule has 17 heavy (non-hydrogen) atoms. The van der Waals surface area contributed by atoms with Crippen LogP contribution in [-0.4, -0.2) is 18.4 Å². The van der Waals surface area contributed by atoms with Crippen LogP contribution in [0, 0.1) is 17.2 Å². The van der Waals surface area contributed by atoms with Gasteiger partial charge in [0.05, 0.1) is 0 Å². The topological polar surface area (TPSA) is 62.1 Å². The van der Waals surface area contributed by atoms with E-state index in [0.29, 0.717) is 11.4 Å². The highest BCUT2D eigenvalue weighted by atomic mass is 35.5. The molecule has 5 heteroatoms. The van der Waals surface area contributed by atoms with Crippen molar-refractivity contribution >= 4 is 23.2 Å². The molecule has 90 valence electrons. The average molecular weight is 253 g/mol. The molecule has 1 aromatic rings. The Balaban J connectivity index is 2.57. The average Bonchev–Trinajstić information content (AvgIpc) is 2.37. The summed E-state index contributed by atoms with van der Waals surface area (Å²) in [6.07, 6.45) is 0. The third-order valence-electron chi connectivity index (χ3n) is 2.10. The number of nitrogens with one attached hydrogen (secondary N) is 1. The number of benzene rings is 1. The van der Waals surface area contributed by atoms with Gasteiger partial charge in [0.1, 0.15) is 11.8 Å². The molecule has 0 aliphatic rings. The SMILES string of the molecule is CC(CCl)C(=O)Nc1ccc(OCC#N)cc1. The fourth-order valence-electron chi connectivity index (χ4n) is 1.09. The Hall–Kier alpha value is -1.73. The highest BCUT2D eigenvalue weighted by molar-refractivity contribution is 6.19. The van der Waals surface area contributed by atoms with E-state index in [0.717, 1.165) is 0 Å². The molecule has 0 saturated carbocycles. The van der Waals surface area contributed by atoms with E-state index in [1.54, 1.807) is 31.2 Å². The van der Waals surface area contributed by atoms with E-state index in [1.165, 1.54) is 0 Å². The zero-order chi connectivity index (χ0) is 12.7. The van der Waals surface area contributed by atoms with Crippen molar-refractivity contribution in [2.45, 2.75) is 6.92 Å². The van der Waals surface area contributed by atoms with Crippen molar-refractivity contribution in [1.82, 2.24) is 0 Å². The summed E-state index contributed by atoms with van der Waals surface area (Å²) >= 11 is 5.58. The largest absolute Gasteiger partial charge is 0.479 e. The Morgan fingerprint density at radius 3 is 2.71 bits per heavy atom. The summed E-state index contributed by atoms with van der Waals surface area (Å²) in [4.78, 5) is 11.5. The first-order chi connectivity index (χ1) is 8.17. The molecule has 0 saturated heterocycles. The fraction of sp³-hybridized carbons (Fsp3) is 0.333. The number of carbonyl (C=O) groups excluding carboxylic acids is 1. The molecule has 1 amide bonds. The molecule has 0 heterocycles. The van der Waals surface area contributed by atoms with Gasteiger partial charge in [0.15, 0.2) is 6.61 Å². The molecule has 1 atom stereocenters. The van der Waals surface area contributed by atoms with Gasteiger partial charge in [-0.25, -0.2) is 0 Å². The fourth-order valence-corrected chi connectivity index (χ4v) is 1.23. The van der Waals surface area contributed by atoms with Gasteiger partial charge in [-0.05, 0) is 24.3 Å². The second-order valence-corrected chi connectivity index (χ2v) is 3.82. The first-order valence-corrected chi connectivity index (χ1v) is 5.67. The van der Waals surface area contributed by atoms with Crippen LogP contribution in [0.3, 0.4) is 0 Å². The minimum absolute atomic E-state index is 0.00892. The molecule has 4 nitrogen and oxygen atoms in total. The van der Waals surface area contributed by atoms with Crippen LogP contribution in [0.5, 0.6) is 5.75 Å². The number of ether oxygens (including phenoxy) is 1. The molecule has 0 aliphatic carbocycles. The van der Waals surface area contributed by atoms with Gasteiger partial charge in [-0.15, -0.1) is 11.6 Å². The molecule has 1 rings (SSSR count). The molecule has 0 radical (unpaired) electrons. The van der Waals surface area contributed by atoms with Crippen LogP contribution in [0.4, 0.5) is 5.69 Å². The smallest absolute Gasteiger partial charge is 0.228 e. The van der Waals surface area contributed by atoms with Crippen molar-refractivity contribution in [1.29, 1.82) is 5.26 Å². The van der Waals surface area contributed by atoms with Crippen molar-refractivity contribution < 1.29 is 9.53 Å². The Morgan fingerprint density at radius 2 is 2.18 bits per heavy atom. The Morgan fingerprint density at radius 1 is 1.53 bits per heavy atom. The van der Waals surface area contributed by atoms with Crippen molar-refractivity contribution in [3.63, 3.8) is 0 Å². The Labute approximate surface area is 105 Å². The lowest BCUT2D eigenvalue weighted by Gasteiger charge is -2.09. The predicted octanol–water partition coefficient (Wildman–Crippen LogP) is 2.40. The maximum absolute atomic E-state index is 11.5. The molecule has 1 aromatic carbocycles. The molecular weight excluding hydrogens is 240 g/mol. The van der Waals surface area contributed by atoms with Gasteiger partial charge in [-0.2, -0.15) is 5.26 Å². The number of halogens is 1. The summed E-state index contributed by atoms with van der Waals surface area (Å²) in [6, 6.07) is 8.69. The minimum atomic E-state index is -0.230. The molecule has 0 fully saturated rings. The van der Waals surface area contributed by atoms with Gasteiger partial charge in [0, 0.05) is 17.5 Å². The number of anilines is 1. The lowest BCUT2D eigenvalue weighted by Crippen LogP contribution is -2.21. The summed E-state index contributed by atoms with van der Waals surface area (Å²) in [5, 5.41) is 11.1. The highest BCUT2D eigenvalue weighted by Gasteiger charge is 2.11. The Kier molecular flexibility index (Phi) is 5.31. The molecular formula is C12H13ClN2O2. The van der Waals surface area contributed by atoms with E-state index in [4.69, 9.17) is 21.6 Å². The normalized spacial score (nSPS) is 11.4. The summed E-state index contributed by atoms with van der Waals surface area (Å²) in [5.74, 6) is 0.529. The lowest BCUT2D eigenvalue weighted by molar-refractivity contribution is -0.118. The molecule has 0 aliphatic heterocycles. The summed E-state index contributed by atoms with van der Waals surface area (Å²) in [6.45, 7) is 1.77. The number of carbonyl (C=O) groups is 1. The van der Waals surface area contributed by atoms with E-state index in [1.807, 2.05) is 6.07 Å². The van der Waals surface area contributed by atoms with Crippen LogP contribution in [0.15, 0.2) is 24.3 Å². The van der Waals surface area contributed by atoms with Crippen LogP contribution >= 0.6 is 11.6 Å². The molecule has 1 unspecified atom stereocenters. The van der Waals surface area contributed by atoms with E-state index in [-0.39, 0.29) is 24.3 Å². The monoisotopic (exact) mass is 252 g/mol. The van der Waals surface area contributed by atoms with Gasteiger partial charge in [0.25, 0.3) is 0 Å². The highest BCUT2D eigenvalue weighted by Crippen LogP contribution is 2.16.